The Balaban J connectivity index is 1.72. The number of fused-ring (bicyclic) bond motifs is 1. The maximum absolute atomic E-state index is 12.1. The lowest BCUT2D eigenvalue weighted by atomic mass is 10.1. The number of para-hydroxylation sites is 2. The van der Waals surface area contributed by atoms with Crippen LogP contribution in [0.4, 0.5) is 5.69 Å². The van der Waals surface area contributed by atoms with Crippen LogP contribution in [0.5, 0.6) is 5.75 Å². The van der Waals surface area contributed by atoms with Crippen LogP contribution in [0.3, 0.4) is 0 Å². The highest BCUT2D eigenvalue weighted by molar-refractivity contribution is 6.33. The molecular formula is C15H12ClNO2. The summed E-state index contributed by atoms with van der Waals surface area (Å²) >= 11 is 6.01. The van der Waals surface area contributed by atoms with Crippen LogP contribution < -0.4 is 10.1 Å². The predicted molar refractivity (Wildman–Crippen MR) is 74.6 cm³/mol. The molecule has 0 radical (unpaired) electrons. The summed E-state index contributed by atoms with van der Waals surface area (Å²) in [5.74, 6) is 0.603. The van der Waals surface area contributed by atoms with Crippen molar-refractivity contribution in [3.05, 3.63) is 59.1 Å². The van der Waals surface area contributed by atoms with E-state index >= 15 is 0 Å². The fraction of sp³-hybridized carbons (Fsp3) is 0.133. The van der Waals surface area contributed by atoms with E-state index in [4.69, 9.17) is 16.3 Å². The summed E-state index contributed by atoms with van der Waals surface area (Å²) in [5, 5.41) is 3.31. The molecule has 1 amide bonds. The average molecular weight is 274 g/mol. The quantitative estimate of drug-likeness (QED) is 0.912. The van der Waals surface area contributed by atoms with Gasteiger partial charge in [-0.3, -0.25) is 4.79 Å². The smallest absolute Gasteiger partial charge is 0.265 e. The fourth-order valence-corrected chi connectivity index (χ4v) is 2.29. The average Bonchev–Trinajstić information content (AvgIpc) is 2.85. The van der Waals surface area contributed by atoms with Crippen molar-refractivity contribution in [1.29, 1.82) is 0 Å². The van der Waals surface area contributed by atoms with Crippen LogP contribution in [0.1, 0.15) is 5.56 Å². The van der Waals surface area contributed by atoms with Gasteiger partial charge in [-0.1, -0.05) is 41.9 Å². The molecule has 0 bridgehead atoms. The van der Waals surface area contributed by atoms with Crippen molar-refractivity contribution in [2.24, 2.45) is 0 Å². The van der Waals surface area contributed by atoms with Crippen molar-refractivity contribution in [2.45, 2.75) is 12.5 Å². The zero-order valence-corrected chi connectivity index (χ0v) is 10.9. The molecule has 0 aliphatic carbocycles. The van der Waals surface area contributed by atoms with Gasteiger partial charge in [-0.15, -0.1) is 0 Å². The van der Waals surface area contributed by atoms with Gasteiger partial charge in [-0.05, 0) is 23.8 Å². The third kappa shape index (κ3) is 2.42. The van der Waals surface area contributed by atoms with E-state index in [0.717, 1.165) is 11.3 Å². The van der Waals surface area contributed by atoms with Crippen molar-refractivity contribution in [3.63, 3.8) is 0 Å². The van der Waals surface area contributed by atoms with Crippen molar-refractivity contribution >= 4 is 23.2 Å². The number of hydrogen-bond acceptors (Lipinski definition) is 2. The van der Waals surface area contributed by atoms with Gasteiger partial charge in [0.1, 0.15) is 5.75 Å². The first-order valence-electron chi connectivity index (χ1n) is 6.04. The molecular weight excluding hydrogens is 262 g/mol. The first-order chi connectivity index (χ1) is 9.24. The summed E-state index contributed by atoms with van der Waals surface area (Å²) in [6.45, 7) is 0. The number of benzene rings is 2. The molecule has 4 heteroatoms. The zero-order valence-electron chi connectivity index (χ0n) is 10.1. The van der Waals surface area contributed by atoms with Gasteiger partial charge in [-0.25, -0.2) is 0 Å². The second-order valence-electron chi connectivity index (χ2n) is 4.39. The molecule has 0 unspecified atom stereocenters. The number of nitrogens with one attached hydrogen (secondary N) is 1. The van der Waals surface area contributed by atoms with Gasteiger partial charge in [0.2, 0.25) is 0 Å². The van der Waals surface area contributed by atoms with E-state index in [-0.39, 0.29) is 5.91 Å². The molecule has 0 spiro atoms. The molecule has 19 heavy (non-hydrogen) atoms. The van der Waals surface area contributed by atoms with Crippen LogP contribution in [0, 0.1) is 0 Å². The summed E-state index contributed by atoms with van der Waals surface area (Å²) < 4.78 is 5.63. The van der Waals surface area contributed by atoms with E-state index in [2.05, 4.69) is 5.32 Å². The van der Waals surface area contributed by atoms with Crippen LogP contribution in [0.25, 0.3) is 0 Å². The number of carbonyl (C=O) groups excluding carboxylic acids is 1. The zero-order chi connectivity index (χ0) is 13.2. The summed E-state index contributed by atoms with van der Waals surface area (Å²) in [4.78, 5) is 12.1. The summed E-state index contributed by atoms with van der Waals surface area (Å²) in [7, 11) is 0. The highest BCUT2D eigenvalue weighted by atomic mass is 35.5. The molecule has 2 aromatic carbocycles. The number of carbonyl (C=O) groups is 1. The number of halogens is 1. The molecule has 3 nitrogen and oxygen atoms in total. The Morgan fingerprint density at radius 3 is 2.68 bits per heavy atom. The minimum absolute atomic E-state index is 0.177. The molecule has 0 aromatic heterocycles. The van der Waals surface area contributed by atoms with Crippen LogP contribution in [-0.2, 0) is 11.2 Å². The van der Waals surface area contributed by atoms with Crippen molar-refractivity contribution < 1.29 is 9.53 Å². The van der Waals surface area contributed by atoms with E-state index in [1.165, 1.54) is 0 Å². The lowest BCUT2D eigenvalue weighted by Gasteiger charge is -2.12. The maximum atomic E-state index is 12.1. The molecule has 1 aliphatic heterocycles. The van der Waals surface area contributed by atoms with Crippen LogP contribution >= 0.6 is 11.6 Å². The Morgan fingerprint density at radius 2 is 1.89 bits per heavy atom. The monoisotopic (exact) mass is 273 g/mol. The molecule has 0 saturated carbocycles. The first kappa shape index (κ1) is 12.1. The Bertz CT molecular complexity index is 602. The topological polar surface area (TPSA) is 38.3 Å². The number of rotatable bonds is 2. The first-order valence-corrected chi connectivity index (χ1v) is 6.42. The Labute approximate surface area is 116 Å². The lowest BCUT2D eigenvalue weighted by Crippen LogP contribution is -2.31. The minimum atomic E-state index is -0.492. The van der Waals surface area contributed by atoms with Gasteiger partial charge < -0.3 is 10.1 Å². The second-order valence-corrected chi connectivity index (χ2v) is 4.79. The normalized spacial score (nSPS) is 16.6. The van der Waals surface area contributed by atoms with E-state index in [0.29, 0.717) is 17.1 Å². The minimum Gasteiger partial charge on any atom is -0.480 e. The third-order valence-corrected chi connectivity index (χ3v) is 3.40. The largest absolute Gasteiger partial charge is 0.480 e. The number of ether oxygens (including phenoxy) is 1. The van der Waals surface area contributed by atoms with Gasteiger partial charge in [0, 0.05) is 6.42 Å². The second kappa shape index (κ2) is 4.94. The van der Waals surface area contributed by atoms with E-state index in [1.54, 1.807) is 12.1 Å². The van der Waals surface area contributed by atoms with Gasteiger partial charge in [0.15, 0.2) is 6.10 Å². The number of hydrogen-bond donors (Lipinski definition) is 1. The summed E-state index contributed by atoms with van der Waals surface area (Å²) in [6, 6.07) is 14.8. The number of anilines is 1. The standard InChI is InChI=1S/C15H12ClNO2/c16-11-6-2-3-7-12(11)17-15(18)14-9-10-5-1-4-8-13(10)19-14/h1-8,14H,9H2,(H,17,18)/t14-/m0/s1. The van der Waals surface area contributed by atoms with Crippen molar-refractivity contribution in [3.8, 4) is 5.75 Å². The number of amides is 1. The molecule has 1 heterocycles. The Hall–Kier alpha value is -2.00. The lowest BCUT2D eigenvalue weighted by molar-refractivity contribution is -0.122. The third-order valence-electron chi connectivity index (χ3n) is 3.07. The molecule has 0 fully saturated rings. The fourth-order valence-electron chi connectivity index (χ4n) is 2.10. The van der Waals surface area contributed by atoms with Crippen LogP contribution in [0.2, 0.25) is 5.02 Å². The molecule has 0 saturated heterocycles. The van der Waals surface area contributed by atoms with E-state index in [1.807, 2.05) is 36.4 Å². The predicted octanol–water partition coefficient (Wildman–Crippen LogP) is 3.28. The molecule has 1 aliphatic rings. The molecule has 1 atom stereocenters. The van der Waals surface area contributed by atoms with Gasteiger partial charge in [0.05, 0.1) is 10.7 Å². The molecule has 2 aromatic rings. The molecule has 3 rings (SSSR count). The molecule has 1 N–H and O–H groups in total. The summed E-state index contributed by atoms with van der Waals surface area (Å²) in [5.41, 5.74) is 1.66. The van der Waals surface area contributed by atoms with Crippen LogP contribution in [-0.4, -0.2) is 12.0 Å². The van der Waals surface area contributed by atoms with E-state index < -0.39 is 6.10 Å². The van der Waals surface area contributed by atoms with Crippen LogP contribution in [0.15, 0.2) is 48.5 Å². The molecule has 96 valence electrons. The van der Waals surface area contributed by atoms with E-state index in [9.17, 15) is 4.79 Å². The Kier molecular flexibility index (Phi) is 3.13. The maximum Gasteiger partial charge on any atom is 0.265 e. The van der Waals surface area contributed by atoms with Crippen molar-refractivity contribution in [2.75, 3.05) is 5.32 Å². The highest BCUT2D eigenvalue weighted by Gasteiger charge is 2.28. The van der Waals surface area contributed by atoms with Gasteiger partial charge in [-0.2, -0.15) is 0 Å². The van der Waals surface area contributed by atoms with Gasteiger partial charge >= 0.3 is 0 Å². The SMILES string of the molecule is O=C(Nc1ccccc1Cl)[C@@H]1Cc2ccccc2O1. The Morgan fingerprint density at radius 1 is 1.16 bits per heavy atom. The summed E-state index contributed by atoms with van der Waals surface area (Å²) in [6.07, 6.45) is 0.0978. The van der Waals surface area contributed by atoms with Crippen molar-refractivity contribution in [1.82, 2.24) is 0 Å². The highest BCUT2D eigenvalue weighted by Crippen LogP contribution is 2.29. The van der Waals surface area contributed by atoms with Gasteiger partial charge in [0.25, 0.3) is 5.91 Å².